The van der Waals surface area contributed by atoms with Crippen molar-refractivity contribution in [1.29, 1.82) is 0 Å². The van der Waals surface area contributed by atoms with Gasteiger partial charge in [-0.3, -0.25) is 9.58 Å². The molecule has 1 fully saturated rings. The van der Waals surface area contributed by atoms with E-state index in [4.69, 9.17) is 5.10 Å². The van der Waals surface area contributed by atoms with Gasteiger partial charge in [-0.25, -0.2) is 0 Å². The largest absolute Gasteiger partial charge is 0.353 e. The SMILES string of the molecule is Cc1ccc(N2CCN(Cc3c4c(nn3C)CCCC4)CC2)nn1. The Morgan fingerprint density at radius 1 is 1.00 bits per heavy atom. The van der Waals surface area contributed by atoms with E-state index in [0.29, 0.717) is 0 Å². The lowest BCUT2D eigenvalue weighted by Crippen LogP contribution is -2.46. The van der Waals surface area contributed by atoms with Crippen LogP contribution in [0.3, 0.4) is 0 Å². The van der Waals surface area contributed by atoms with Crippen molar-refractivity contribution < 1.29 is 0 Å². The molecule has 0 bridgehead atoms. The molecule has 0 saturated carbocycles. The molecule has 2 aromatic rings. The Labute approximate surface area is 143 Å². The number of rotatable bonds is 3. The third-order valence-corrected chi connectivity index (χ3v) is 5.30. The monoisotopic (exact) mass is 326 g/mol. The third-order valence-electron chi connectivity index (χ3n) is 5.30. The first-order valence-electron chi connectivity index (χ1n) is 9.02. The lowest BCUT2D eigenvalue weighted by Gasteiger charge is -2.35. The number of nitrogens with zero attached hydrogens (tertiary/aromatic N) is 6. The highest BCUT2D eigenvalue weighted by Crippen LogP contribution is 2.25. The van der Waals surface area contributed by atoms with E-state index in [1.165, 1.54) is 36.2 Å². The molecule has 1 aliphatic heterocycles. The molecular weight excluding hydrogens is 300 g/mol. The Morgan fingerprint density at radius 2 is 1.79 bits per heavy atom. The van der Waals surface area contributed by atoms with Crippen LogP contribution in [0.25, 0.3) is 0 Å². The van der Waals surface area contributed by atoms with Crippen molar-refractivity contribution in [2.45, 2.75) is 39.2 Å². The van der Waals surface area contributed by atoms with Crippen LogP contribution in [0.15, 0.2) is 12.1 Å². The van der Waals surface area contributed by atoms with E-state index in [9.17, 15) is 0 Å². The van der Waals surface area contributed by atoms with Gasteiger partial charge in [-0.05, 0) is 50.3 Å². The summed E-state index contributed by atoms with van der Waals surface area (Å²) in [5.41, 5.74) is 5.26. The summed E-state index contributed by atoms with van der Waals surface area (Å²) < 4.78 is 2.12. The molecular formula is C18H26N6. The molecule has 0 unspecified atom stereocenters. The van der Waals surface area contributed by atoms with Crippen molar-refractivity contribution in [2.24, 2.45) is 7.05 Å². The number of hydrogen-bond donors (Lipinski definition) is 0. The van der Waals surface area contributed by atoms with Gasteiger partial charge < -0.3 is 4.90 Å². The van der Waals surface area contributed by atoms with Gasteiger partial charge in [-0.2, -0.15) is 10.2 Å². The topological polar surface area (TPSA) is 50.1 Å². The second-order valence-electron chi connectivity index (χ2n) is 7.00. The molecule has 6 heteroatoms. The van der Waals surface area contributed by atoms with Crippen molar-refractivity contribution in [3.05, 3.63) is 34.8 Å². The zero-order valence-electron chi connectivity index (χ0n) is 14.7. The molecule has 6 nitrogen and oxygen atoms in total. The summed E-state index contributed by atoms with van der Waals surface area (Å²) in [7, 11) is 2.10. The summed E-state index contributed by atoms with van der Waals surface area (Å²) in [6, 6.07) is 4.12. The first-order valence-corrected chi connectivity index (χ1v) is 9.02. The molecule has 0 atom stereocenters. The Bertz CT molecular complexity index is 697. The van der Waals surface area contributed by atoms with Crippen molar-refractivity contribution >= 4 is 5.82 Å². The van der Waals surface area contributed by atoms with Crippen molar-refractivity contribution in [1.82, 2.24) is 24.9 Å². The van der Waals surface area contributed by atoms with Crippen LogP contribution in [0.2, 0.25) is 0 Å². The van der Waals surface area contributed by atoms with E-state index in [-0.39, 0.29) is 0 Å². The summed E-state index contributed by atoms with van der Waals surface area (Å²) in [5, 5.41) is 13.2. The van der Waals surface area contributed by atoms with Crippen LogP contribution < -0.4 is 4.90 Å². The van der Waals surface area contributed by atoms with Crippen LogP contribution in [-0.2, 0) is 26.4 Å². The third kappa shape index (κ3) is 3.02. The molecule has 0 aromatic carbocycles. The maximum Gasteiger partial charge on any atom is 0.151 e. The molecule has 0 N–H and O–H groups in total. The summed E-state index contributed by atoms with van der Waals surface area (Å²) in [6.07, 6.45) is 4.96. The number of piperazine rings is 1. The second kappa shape index (κ2) is 6.51. The molecule has 0 spiro atoms. The maximum absolute atomic E-state index is 4.75. The van der Waals surface area contributed by atoms with Gasteiger partial charge in [-0.15, -0.1) is 5.10 Å². The van der Waals surface area contributed by atoms with Crippen LogP contribution in [0.1, 0.15) is 35.5 Å². The van der Waals surface area contributed by atoms with E-state index in [1.807, 2.05) is 13.0 Å². The van der Waals surface area contributed by atoms with E-state index in [0.717, 1.165) is 50.7 Å². The number of hydrogen-bond acceptors (Lipinski definition) is 5. The van der Waals surface area contributed by atoms with E-state index >= 15 is 0 Å². The van der Waals surface area contributed by atoms with Gasteiger partial charge in [0, 0.05) is 39.8 Å². The summed E-state index contributed by atoms with van der Waals surface area (Å²) in [5.74, 6) is 0.998. The minimum Gasteiger partial charge on any atom is -0.353 e. The average Bonchev–Trinajstić information content (AvgIpc) is 2.92. The molecule has 3 heterocycles. The van der Waals surface area contributed by atoms with Gasteiger partial charge in [0.2, 0.25) is 0 Å². The van der Waals surface area contributed by atoms with Gasteiger partial charge in [0.15, 0.2) is 5.82 Å². The van der Waals surface area contributed by atoms with Crippen LogP contribution in [0.5, 0.6) is 0 Å². The number of aromatic nitrogens is 4. The molecule has 0 radical (unpaired) electrons. The van der Waals surface area contributed by atoms with Crippen LogP contribution in [0, 0.1) is 6.92 Å². The van der Waals surface area contributed by atoms with Crippen molar-refractivity contribution in [3.8, 4) is 0 Å². The molecule has 24 heavy (non-hydrogen) atoms. The van der Waals surface area contributed by atoms with Crippen LogP contribution in [-0.4, -0.2) is 51.1 Å². The molecule has 128 valence electrons. The normalized spacial score (nSPS) is 18.7. The maximum atomic E-state index is 4.75. The first-order chi connectivity index (χ1) is 11.7. The number of fused-ring (bicyclic) bond motifs is 1. The van der Waals surface area contributed by atoms with Crippen molar-refractivity contribution in [3.63, 3.8) is 0 Å². The quantitative estimate of drug-likeness (QED) is 0.859. The van der Waals surface area contributed by atoms with Gasteiger partial charge >= 0.3 is 0 Å². The molecule has 2 aliphatic rings. The molecule has 4 rings (SSSR count). The molecule has 1 saturated heterocycles. The minimum absolute atomic E-state index is 0.971. The predicted molar refractivity (Wildman–Crippen MR) is 94.1 cm³/mol. The van der Waals surface area contributed by atoms with Crippen LogP contribution in [0.4, 0.5) is 5.82 Å². The second-order valence-corrected chi connectivity index (χ2v) is 7.00. The average molecular weight is 326 g/mol. The Hall–Kier alpha value is -1.95. The Balaban J connectivity index is 1.40. The highest BCUT2D eigenvalue weighted by atomic mass is 15.3. The molecule has 0 amide bonds. The lowest BCUT2D eigenvalue weighted by atomic mass is 9.95. The van der Waals surface area contributed by atoms with Gasteiger partial charge in [0.05, 0.1) is 17.1 Å². The van der Waals surface area contributed by atoms with E-state index in [1.54, 1.807) is 0 Å². The fourth-order valence-electron chi connectivity index (χ4n) is 3.85. The lowest BCUT2D eigenvalue weighted by molar-refractivity contribution is 0.242. The molecule has 1 aliphatic carbocycles. The fraction of sp³-hybridized carbons (Fsp3) is 0.611. The van der Waals surface area contributed by atoms with Gasteiger partial charge in [-0.1, -0.05) is 0 Å². The van der Waals surface area contributed by atoms with Gasteiger partial charge in [0.25, 0.3) is 0 Å². The highest BCUT2D eigenvalue weighted by Gasteiger charge is 2.23. The summed E-state index contributed by atoms with van der Waals surface area (Å²) in [6.45, 7) is 7.15. The zero-order chi connectivity index (χ0) is 16.5. The van der Waals surface area contributed by atoms with Gasteiger partial charge in [0.1, 0.15) is 0 Å². The Kier molecular flexibility index (Phi) is 4.22. The first kappa shape index (κ1) is 15.6. The van der Waals surface area contributed by atoms with Crippen molar-refractivity contribution in [2.75, 3.05) is 31.1 Å². The predicted octanol–water partition coefficient (Wildman–Crippen LogP) is 1.72. The summed E-state index contributed by atoms with van der Waals surface area (Å²) in [4.78, 5) is 4.88. The molecule has 2 aromatic heterocycles. The fourth-order valence-corrected chi connectivity index (χ4v) is 3.85. The highest BCUT2D eigenvalue weighted by molar-refractivity contribution is 5.38. The number of anilines is 1. The van der Waals surface area contributed by atoms with E-state index in [2.05, 4.69) is 37.8 Å². The zero-order valence-corrected chi connectivity index (χ0v) is 14.7. The Morgan fingerprint density at radius 3 is 2.54 bits per heavy atom. The van der Waals surface area contributed by atoms with Crippen LogP contribution >= 0.6 is 0 Å². The minimum atomic E-state index is 0.971. The van der Waals surface area contributed by atoms with E-state index < -0.39 is 0 Å². The standard InChI is InChI=1S/C18H26N6/c1-14-7-8-18(20-19-14)24-11-9-23(10-12-24)13-17-15-5-3-4-6-16(15)21-22(17)2/h7-8H,3-6,9-13H2,1-2H3. The number of aryl methyl sites for hydroxylation is 3. The smallest absolute Gasteiger partial charge is 0.151 e. The summed E-state index contributed by atoms with van der Waals surface area (Å²) >= 11 is 0.